The second-order valence-corrected chi connectivity index (χ2v) is 11.6. The van der Waals surface area contributed by atoms with Crippen LogP contribution in [0.2, 0.25) is 0 Å². The fraction of sp³-hybridized carbons (Fsp3) is 0.667. The Morgan fingerprint density at radius 3 is 2.35 bits per heavy atom. The van der Waals surface area contributed by atoms with Gasteiger partial charge in [-0.15, -0.1) is 0 Å². The van der Waals surface area contributed by atoms with E-state index < -0.39 is 41.3 Å². The molecule has 10 heteroatoms. The van der Waals surface area contributed by atoms with Crippen molar-refractivity contribution >= 4 is 17.7 Å². The molecule has 3 rings (SSSR count). The highest BCUT2D eigenvalue weighted by molar-refractivity contribution is 5.90. The van der Waals surface area contributed by atoms with Crippen LogP contribution in [0.4, 0.5) is 8.78 Å². The number of nitrogens with zero attached hydrogens (tertiary/aromatic N) is 2. The van der Waals surface area contributed by atoms with Gasteiger partial charge in [-0.05, 0) is 43.9 Å². The van der Waals surface area contributed by atoms with E-state index in [0.717, 1.165) is 12.1 Å². The average Bonchev–Trinajstić information content (AvgIpc) is 3.39. The zero-order chi connectivity index (χ0) is 27.7. The highest BCUT2D eigenvalue weighted by atomic mass is 19.2. The van der Waals surface area contributed by atoms with E-state index in [-0.39, 0.29) is 42.0 Å². The summed E-state index contributed by atoms with van der Waals surface area (Å²) in [4.78, 5) is 43.2. The molecule has 2 aliphatic heterocycles. The number of amides is 3. The molecule has 1 aromatic carbocycles. The molecule has 2 heterocycles. The summed E-state index contributed by atoms with van der Waals surface area (Å²) in [6.07, 6.45) is 0.290. The minimum Gasteiger partial charge on any atom is -0.486 e. The molecule has 3 amide bonds. The lowest BCUT2D eigenvalue weighted by Crippen LogP contribution is -2.59. The third-order valence-corrected chi connectivity index (χ3v) is 7.17. The number of likely N-dealkylation sites (tertiary alicyclic amines) is 2. The van der Waals surface area contributed by atoms with Crippen LogP contribution in [0.3, 0.4) is 0 Å². The molecule has 0 bridgehead atoms. The summed E-state index contributed by atoms with van der Waals surface area (Å²) >= 11 is 0. The van der Waals surface area contributed by atoms with E-state index in [1.54, 1.807) is 23.8 Å². The zero-order valence-electron chi connectivity index (χ0n) is 22.8. The second kappa shape index (κ2) is 11.3. The summed E-state index contributed by atoms with van der Waals surface area (Å²) in [6, 6.07) is 1.26. The number of carbonyl (C=O) groups is 3. The number of carbonyl (C=O) groups excluding carboxylic acids is 3. The Morgan fingerprint density at radius 1 is 1.11 bits per heavy atom. The van der Waals surface area contributed by atoms with E-state index in [9.17, 15) is 23.2 Å². The van der Waals surface area contributed by atoms with Gasteiger partial charge in [0.05, 0.1) is 24.7 Å². The number of nitrogens with one attached hydrogen (secondary N) is 2. The monoisotopic (exact) mass is 522 g/mol. The summed E-state index contributed by atoms with van der Waals surface area (Å²) in [5.74, 6) is -2.31. The molecule has 2 fully saturated rings. The van der Waals surface area contributed by atoms with Gasteiger partial charge in [-0.25, -0.2) is 8.78 Å². The number of halogens is 2. The summed E-state index contributed by atoms with van der Waals surface area (Å²) in [6.45, 7) is 11.9. The summed E-state index contributed by atoms with van der Waals surface area (Å²) < 4.78 is 33.5. The lowest BCUT2D eigenvalue weighted by Gasteiger charge is -2.37. The number of likely N-dealkylation sites (N-methyl/N-ethyl adjacent to an activating group) is 1. The summed E-state index contributed by atoms with van der Waals surface area (Å²) in [5, 5.41) is 5.78. The smallest absolute Gasteiger partial charge is 0.246 e. The minimum absolute atomic E-state index is 0.0285. The van der Waals surface area contributed by atoms with Crippen molar-refractivity contribution < 1.29 is 27.9 Å². The topological polar surface area (TPSA) is 91.0 Å². The van der Waals surface area contributed by atoms with E-state index in [1.165, 1.54) is 6.07 Å². The van der Waals surface area contributed by atoms with Crippen LogP contribution >= 0.6 is 0 Å². The van der Waals surface area contributed by atoms with Crippen molar-refractivity contribution in [1.82, 2.24) is 20.4 Å². The Bertz CT molecular complexity index is 1010. The van der Waals surface area contributed by atoms with Gasteiger partial charge in [-0.1, -0.05) is 34.6 Å². The number of ether oxygens (including phenoxy) is 1. The Labute approximate surface area is 218 Å². The molecule has 0 spiro atoms. The maximum atomic E-state index is 14.0. The van der Waals surface area contributed by atoms with E-state index in [4.69, 9.17) is 4.74 Å². The van der Waals surface area contributed by atoms with Crippen LogP contribution in [-0.4, -0.2) is 77.9 Å². The first kappa shape index (κ1) is 28.8. The lowest BCUT2D eigenvalue weighted by molar-refractivity contribution is -0.141. The van der Waals surface area contributed by atoms with E-state index >= 15 is 0 Å². The molecule has 37 heavy (non-hydrogen) atoms. The van der Waals surface area contributed by atoms with Gasteiger partial charge in [0.2, 0.25) is 17.7 Å². The third kappa shape index (κ3) is 6.40. The Hall–Kier alpha value is -2.75. The van der Waals surface area contributed by atoms with Gasteiger partial charge < -0.3 is 25.2 Å². The highest BCUT2D eigenvalue weighted by Crippen LogP contribution is 2.37. The number of hydrogen-bond acceptors (Lipinski definition) is 5. The average molecular weight is 523 g/mol. The lowest BCUT2D eigenvalue weighted by atomic mass is 9.85. The molecule has 0 aromatic heterocycles. The van der Waals surface area contributed by atoms with Gasteiger partial charge in [0, 0.05) is 19.0 Å². The Balaban J connectivity index is 1.92. The third-order valence-electron chi connectivity index (χ3n) is 7.17. The molecule has 1 aromatic rings. The van der Waals surface area contributed by atoms with Gasteiger partial charge in [0.15, 0.2) is 11.6 Å². The van der Waals surface area contributed by atoms with Crippen molar-refractivity contribution in [1.29, 1.82) is 0 Å². The molecule has 8 nitrogen and oxygen atoms in total. The number of benzene rings is 1. The highest BCUT2D eigenvalue weighted by Gasteiger charge is 2.54. The van der Waals surface area contributed by atoms with Gasteiger partial charge in [0.1, 0.15) is 17.9 Å². The quantitative estimate of drug-likeness (QED) is 0.548. The van der Waals surface area contributed by atoms with Crippen molar-refractivity contribution in [3.63, 3.8) is 0 Å². The van der Waals surface area contributed by atoms with E-state index in [2.05, 4.69) is 10.6 Å². The molecular formula is C27H40F2N4O4. The predicted octanol–water partition coefficient (Wildman–Crippen LogP) is 2.71. The second-order valence-electron chi connectivity index (χ2n) is 11.6. The van der Waals surface area contributed by atoms with Crippen molar-refractivity contribution in [2.24, 2.45) is 11.3 Å². The van der Waals surface area contributed by atoms with Crippen LogP contribution < -0.4 is 15.4 Å². The zero-order valence-corrected chi connectivity index (χ0v) is 22.8. The Morgan fingerprint density at radius 2 is 1.78 bits per heavy atom. The largest absolute Gasteiger partial charge is 0.486 e. The summed E-state index contributed by atoms with van der Waals surface area (Å²) in [5.41, 5.74) is -0.583. The molecule has 2 saturated heterocycles. The van der Waals surface area contributed by atoms with Crippen LogP contribution in [-0.2, 0) is 14.4 Å². The first-order valence-electron chi connectivity index (χ1n) is 12.9. The van der Waals surface area contributed by atoms with Crippen LogP contribution in [0.1, 0.15) is 54.4 Å². The summed E-state index contributed by atoms with van der Waals surface area (Å²) in [7, 11) is 1.67. The molecular weight excluding hydrogens is 482 g/mol. The normalized spacial score (nSPS) is 23.1. The number of hydrogen-bond donors (Lipinski definition) is 2. The fourth-order valence-electron chi connectivity index (χ4n) is 5.08. The first-order chi connectivity index (χ1) is 17.2. The maximum Gasteiger partial charge on any atom is 0.246 e. The molecule has 2 aliphatic rings. The van der Waals surface area contributed by atoms with Gasteiger partial charge in [0.25, 0.3) is 0 Å². The van der Waals surface area contributed by atoms with Crippen LogP contribution in [0.15, 0.2) is 18.2 Å². The number of fused-ring (bicyclic) bond motifs is 1. The molecule has 5 atom stereocenters. The standard InChI is InChI=1S/C27H40F2N4O4/c1-15(2)12-22(34)33-14-21(37-17-8-9-18(28)19(29)13-17)23-20(33)10-11-32(23)26(36)24(27(4,5)6)31-25(35)16(3)30-7/h8-9,13,15-16,20-21,23-24,30H,10-12,14H2,1-7H3,(H,31,35)/t16-,20+,21-,23-,24+/m0/s1. The molecule has 206 valence electrons. The maximum absolute atomic E-state index is 14.0. The van der Waals surface area contributed by atoms with Crippen molar-refractivity contribution in [2.75, 3.05) is 20.1 Å². The first-order valence-corrected chi connectivity index (χ1v) is 12.9. The number of rotatable bonds is 8. The van der Waals surface area contributed by atoms with Gasteiger partial charge >= 0.3 is 0 Å². The van der Waals surface area contributed by atoms with Crippen molar-refractivity contribution in [3.05, 3.63) is 29.8 Å². The van der Waals surface area contributed by atoms with Crippen LogP contribution in [0.5, 0.6) is 5.75 Å². The molecule has 0 aliphatic carbocycles. The minimum atomic E-state index is -1.03. The van der Waals surface area contributed by atoms with Crippen LogP contribution in [0.25, 0.3) is 0 Å². The van der Waals surface area contributed by atoms with Crippen molar-refractivity contribution in [3.8, 4) is 5.75 Å². The molecule has 0 unspecified atom stereocenters. The van der Waals surface area contributed by atoms with Gasteiger partial charge in [-0.2, -0.15) is 0 Å². The predicted molar refractivity (Wildman–Crippen MR) is 136 cm³/mol. The van der Waals surface area contributed by atoms with E-state index in [1.807, 2.05) is 34.6 Å². The molecule has 2 N–H and O–H groups in total. The molecule has 0 saturated carbocycles. The fourth-order valence-corrected chi connectivity index (χ4v) is 5.08. The van der Waals surface area contributed by atoms with Gasteiger partial charge in [-0.3, -0.25) is 14.4 Å². The van der Waals surface area contributed by atoms with Crippen LogP contribution in [0, 0.1) is 23.0 Å². The van der Waals surface area contributed by atoms with E-state index in [0.29, 0.717) is 19.4 Å². The SMILES string of the molecule is CN[C@@H](C)C(=O)N[C@H](C(=O)N1CC[C@@H]2[C@H]1[C@@H](Oc1ccc(F)c(F)c1)CN2C(=O)CC(C)C)C(C)(C)C. The molecule has 0 radical (unpaired) electrons. The van der Waals surface area contributed by atoms with Crippen molar-refractivity contribution in [2.45, 2.75) is 84.7 Å². The Kier molecular flexibility index (Phi) is 8.82.